The standard InChI is InChI=1S/C9H19F3N2/c1-7(13-3)8(2)14(4)6-5-9(10,11)12/h7-8,13H,5-6H2,1-4H3. The van der Waals surface area contributed by atoms with Crippen molar-refractivity contribution in [2.75, 3.05) is 20.6 Å². The van der Waals surface area contributed by atoms with Crippen LogP contribution in [-0.2, 0) is 0 Å². The molecule has 0 aromatic heterocycles. The maximum Gasteiger partial charge on any atom is 0.390 e. The first-order valence-corrected chi connectivity index (χ1v) is 4.72. The van der Waals surface area contributed by atoms with Crippen molar-refractivity contribution in [3.63, 3.8) is 0 Å². The third-order valence-electron chi connectivity index (χ3n) is 2.62. The van der Waals surface area contributed by atoms with Gasteiger partial charge in [0.05, 0.1) is 6.42 Å². The molecule has 0 saturated carbocycles. The zero-order valence-corrected chi connectivity index (χ0v) is 9.15. The molecule has 5 heteroatoms. The van der Waals surface area contributed by atoms with Crippen LogP contribution in [0.2, 0.25) is 0 Å². The SMILES string of the molecule is CNC(C)C(C)N(C)CCC(F)(F)F. The Morgan fingerprint density at radius 1 is 1.29 bits per heavy atom. The summed E-state index contributed by atoms with van der Waals surface area (Å²) in [6, 6.07) is 0.288. The average molecular weight is 212 g/mol. The number of hydrogen-bond donors (Lipinski definition) is 1. The first-order chi connectivity index (χ1) is 6.28. The van der Waals surface area contributed by atoms with Gasteiger partial charge in [0.15, 0.2) is 0 Å². The number of likely N-dealkylation sites (N-methyl/N-ethyl adjacent to an activating group) is 2. The Morgan fingerprint density at radius 2 is 1.79 bits per heavy atom. The fraction of sp³-hybridized carbons (Fsp3) is 1.00. The molecule has 0 spiro atoms. The first-order valence-electron chi connectivity index (χ1n) is 4.72. The van der Waals surface area contributed by atoms with E-state index in [0.29, 0.717) is 0 Å². The van der Waals surface area contributed by atoms with Gasteiger partial charge >= 0.3 is 6.18 Å². The molecular formula is C9H19F3N2. The molecule has 0 heterocycles. The van der Waals surface area contributed by atoms with Crippen LogP contribution in [-0.4, -0.2) is 43.8 Å². The molecule has 0 radical (unpaired) electrons. The fourth-order valence-corrected chi connectivity index (χ4v) is 1.13. The molecule has 0 amide bonds. The van der Waals surface area contributed by atoms with Crippen molar-refractivity contribution in [2.45, 2.75) is 38.5 Å². The summed E-state index contributed by atoms with van der Waals surface area (Å²) in [5.41, 5.74) is 0. The molecule has 14 heavy (non-hydrogen) atoms. The zero-order valence-electron chi connectivity index (χ0n) is 9.15. The van der Waals surface area contributed by atoms with Crippen molar-refractivity contribution >= 4 is 0 Å². The highest BCUT2D eigenvalue weighted by molar-refractivity contribution is 4.74. The predicted molar refractivity (Wildman–Crippen MR) is 51.3 cm³/mol. The van der Waals surface area contributed by atoms with Gasteiger partial charge in [-0.05, 0) is 27.9 Å². The van der Waals surface area contributed by atoms with E-state index in [9.17, 15) is 13.2 Å². The van der Waals surface area contributed by atoms with Gasteiger partial charge in [0, 0.05) is 18.6 Å². The number of nitrogens with one attached hydrogen (secondary N) is 1. The van der Waals surface area contributed by atoms with E-state index in [0.717, 1.165) is 0 Å². The minimum Gasteiger partial charge on any atom is -0.316 e. The molecule has 1 N–H and O–H groups in total. The Labute approximate surface area is 83.5 Å². The summed E-state index contributed by atoms with van der Waals surface area (Å²) in [5.74, 6) is 0. The predicted octanol–water partition coefficient (Wildman–Crippen LogP) is 1.87. The van der Waals surface area contributed by atoms with E-state index >= 15 is 0 Å². The minimum absolute atomic E-state index is 0.0523. The van der Waals surface area contributed by atoms with Crippen LogP contribution in [0.15, 0.2) is 0 Å². The summed E-state index contributed by atoms with van der Waals surface area (Å²) in [7, 11) is 3.52. The molecule has 0 aliphatic rings. The molecule has 0 aromatic carbocycles. The molecule has 0 fully saturated rings. The average Bonchev–Trinajstić information content (AvgIpc) is 2.10. The number of hydrogen-bond acceptors (Lipinski definition) is 2. The Bertz CT molecular complexity index is 159. The molecular weight excluding hydrogens is 193 g/mol. The molecule has 0 aliphatic heterocycles. The lowest BCUT2D eigenvalue weighted by atomic mass is 10.1. The molecule has 2 atom stereocenters. The largest absolute Gasteiger partial charge is 0.390 e. The topological polar surface area (TPSA) is 15.3 Å². The first kappa shape index (κ1) is 13.7. The van der Waals surface area contributed by atoms with Gasteiger partial charge in [-0.1, -0.05) is 0 Å². The fourth-order valence-electron chi connectivity index (χ4n) is 1.13. The van der Waals surface area contributed by atoms with E-state index in [1.807, 2.05) is 13.8 Å². The number of alkyl halides is 3. The van der Waals surface area contributed by atoms with Gasteiger partial charge in [-0.15, -0.1) is 0 Å². The van der Waals surface area contributed by atoms with Crippen molar-refractivity contribution in [3.8, 4) is 0 Å². The van der Waals surface area contributed by atoms with Crippen LogP contribution in [0.25, 0.3) is 0 Å². The van der Waals surface area contributed by atoms with Crippen molar-refractivity contribution < 1.29 is 13.2 Å². The Balaban J connectivity index is 3.90. The lowest BCUT2D eigenvalue weighted by Gasteiger charge is -2.29. The monoisotopic (exact) mass is 212 g/mol. The van der Waals surface area contributed by atoms with Gasteiger partial charge < -0.3 is 10.2 Å². The quantitative estimate of drug-likeness (QED) is 0.748. The molecule has 0 bridgehead atoms. The number of nitrogens with zero attached hydrogens (tertiary/aromatic N) is 1. The van der Waals surface area contributed by atoms with E-state index in [1.54, 1.807) is 19.0 Å². The number of halogens is 3. The van der Waals surface area contributed by atoms with E-state index in [4.69, 9.17) is 0 Å². The highest BCUT2D eigenvalue weighted by Crippen LogP contribution is 2.20. The Kier molecular flexibility index (Phi) is 5.44. The summed E-state index contributed by atoms with van der Waals surface area (Å²) in [5, 5.41) is 3.02. The summed E-state index contributed by atoms with van der Waals surface area (Å²) in [6.07, 6.45) is -4.80. The molecule has 0 rings (SSSR count). The van der Waals surface area contributed by atoms with E-state index in [2.05, 4.69) is 5.32 Å². The van der Waals surface area contributed by atoms with Crippen LogP contribution >= 0.6 is 0 Å². The third-order valence-corrected chi connectivity index (χ3v) is 2.62. The summed E-state index contributed by atoms with van der Waals surface area (Å²) >= 11 is 0. The van der Waals surface area contributed by atoms with Gasteiger partial charge in [0.1, 0.15) is 0 Å². The van der Waals surface area contributed by atoms with Crippen LogP contribution in [0, 0.1) is 0 Å². The van der Waals surface area contributed by atoms with Crippen molar-refractivity contribution in [2.24, 2.45) is 0 Å². The van der Waals surface area contributed by atoms with Crippen LogP contribution < -0.4 is 5.32 Å². The summed E-state index contributed by atoms with van der Waals surface area (Å²) in [4.78, 5) is 1.72. The second kappa shape index (κ2) is 5.56. The van der Waals surface area contributed by atoms with Gasteiger partial charge in [0.25, 0.3) is 0 Å². The van der Waals surface area contributed by atoms with Crippen molar-refractivity contribution in [1.29, 1.82) is 0 Å². The van der Waals surface area contributed by atoms with Gasteiger partial charge in [0.2, 0.25) is 0 Å². The second-order valence-corrected chi connectivity index (χ2v) is 3.66. The smallest absolute Gasteiger partial charge is 0.316 e. The maximum absolute atomic E-state index is 11.9. The molecule has 0 aliphatic carbocycles. The highest BCUT2D eigenvalue weighted by atomic mass is 19.4. The number of rotatable bonds is 5. The lowest BCUT2D eigenvalue weighted by Crippen LogP contribution is -2.44. The Morgan fingerprint density at radius 3 is 2.14 bits per heavy atom. The summed E-state index contributed by atoms with van der Waals surface area (Å²) < 4.78 is 35.8. The molecule has 86 valence electrons. The minimum atomic E-state index is -4.06. The van der Waals surface area contributed by atoms with Crippen LogP contribution in [0.4, 0.5) is 13.2 Å². The van der Waals surface area contributed by atoms with Gasteiger partial charge in [-0.25, -0.2) is 0 Å². The van der Waals surface area contributed by atoms with Crippen molar-refractivity contribution in [1.82, 2.24) is 10.2 Å². The zero-order chi connectivity index (χ0) is 11.4. The van der Waals surface area contributed by atoms with Gasteiger partial charge in [-0.3, -0.25) is 0 Å². The normalized spacial score (nSPS) is 17.1. The van der Waals surface area contributed by atoms with E-state index < -0.39 is 12.6 Å². The van der Waals surface area contributed by atoms with Crippen molar-refractivity contribution in [3.05, 3.63) is 0 Å². The summed E-state index contributed by atoms with van der Waals surface area (Å²) in [6.45, 7) is 3.92. The Hall–Kier alpha value is -0.290. The van der Waals surface area contributed by atoms with Gasteiger partial charge in [-0.2, -0.15) is 13.2 Å². The third kappa shape index (κ3) is 5.44. The molecule has 0 aromatic rings. The van der Waals surface area contributed by atoms with Crippen LogP contribution in [0.3, 0.4) is 0 Å². The molecule has 2 unspecified atom stereocenters. The molecule has 2 nitrogen and oxygen atoms in total. The second-order valence-electron chi connectivity index (χ2n) is 3.66. The van der Waals surface area contributed by atoms with Crippen LogP contribution in [0.5, 0.6) is 0 Å². The maximum atomic E-state index is 11.9. The highest BCUT2D eigenvalue weighted by Gasteiger charge is 2.28. The van der Waals surface area contributed by atoms with E-state index in [-0.39, 0.29) is 18.6 Å². The molecule has 0 saturated heterocycles. The van der Waals surface area contributed by atoms with Crippen LogP contribution in [0.1, 0.15) is 20.3 Å². The lowest BCUT2D eigenvalue weighted by molar-refractivity contribution is -0.138. The van der Waals surface area contributed by atoms with E-state index in [1.165, 1.54) is 0 Å².